The molecule has 148 valence electrons. The molecule has 0 atom stereocenters. The van der Waals surface area contributed by atoms with Crippen LogP contribution in [0.15, 0.2) is 36.7 Å². The number of benzene rings is 1. The standard InChI is InChI=1S/C22H23N5O2/c1-5-29-20-7-6-15(8-16(20)12-28)18-9-17(19-11-23-13(2)10-24-19)21-14(3)27(4)26-22(21)25-18/h6-11,28H,5,12H2,1-4H3. The van der Waals surface area contributed by atoms with Crippen molar-refractivity contribution in [3.63, 3.8) is 0 Å². The van der Waals surface area contributed by atoms with Gasteiger partial charge >= 0.3 is 0 Å². The summed E-state index contributed by atoms with van der Waals surface area (Å²) in [6.45, 7) is 6.28. The van der Waals surface area contributed by atoms with Gasteiger partial charge in [-0.3, -0.25) is 14.6 Å². The molecule has 0 saturated heterocycles. The molecular formula is C22H23N5O2. The number of ether oxygens (including phenoxy) is 1. The Morgan fingerprint density at radius 3 is 2.59 bits per heavy atom. The first-order valence-corrected chi connectivity index (χ1v) is 9.52. The first-order valence-electron chi connectivity index (χ1n) is 9.52. The Hall–Kier alpha value is -3.32. The lowest BCUT2D eigenvalue weighted by molar-refractivity contribution is 0.267. The van der Waals surface area contributed by atoms with Crippen LogP contribution in [-0.2, 0) is 13.7 Å². The third kappa shape index (κ3) is 3.45. The Morgan fingerprint density at radius 2 is 1.90 bits per heavy atom. The highest BCUT2D eigenvalue weighted by Gasteiger charge is 2.17. The van der Waals surface area contributed by atoms with E-state index >= 15 is 0 Å². The Bertz CT molecular complexity index is 1180. The van der Waals surface area contributed by atoms with E-state index in [2.05, 4.69) is 15.1 Å². The number of aliphatic hydroxyl groups excluding tert-OH is 1. The van der Waals surface area contributed by atoms with Gasteiger partial charge in [0.1, 0.15) is 5.75 Å². The van der Waals surface area contributed by atoms with Gasteiger partial charge in [0.25, 0.3) is 0 Å². The summed E-state index contributed by atoms with van der Waals surface area (Å²) in [6, 6.07) is 7.72. The highest BCUT2D eigenvalue weighted by atomic mass is 16.5. The minimum absolute atomic E-state index is 0.107. The maximum absolute atomic E-state index is 9.75. The van der Waals surface area contributed by atoms with Crippen LogP contribution >= 0.6 is 0 Å². The molecule has 0 saturated carbocycles. The predicted octanol–water partition coefficient (Wildman–Crippen LogP) is 3.60. The average molecular weight is 389 g/mol. The second-order valence-corrected chi connectivity index (χ2v) is 6.92. The lowest BCUT2D eigenvalue weighted by Gasteiger charge is -2.11. The highest BCUT2D eigenvalue weighted by molar-refractivity contribution is 5.95. The molecule has 0 unspecified atom stereocenters. The topological polar surface area (TPSA) is 86.0 Å². The number of hydrogen-bond acceptors (Lipinski definition) is 6. The molecule has 0 spiro atoms. The van der Waals surface area contributed by atoms with Crippen molar-refractivity contribution in [2.75, 3.05) is 6.61 Å². The molecule has 29 heavy (non-hydrogen) atoms. The molecule has 0 aliphatic carbocycles. The Labute approximate surface area is 169 Å². The Balaban J connectivity index is 1.94. The number of aromatic nitrogens is 5. The molecule has 0 aliphatic heterocycles. The van der Waals surface area contributed by atoms with Gasteiger partial charge in [0.15, 0.2) is 5.65 Å². The predicted molar refractivity (Wildman–Crippen MR) is 112 cm³/mol. The molecule has 3 aromatic heterocycles. The number of aryl methyl sites for hydroxylation is 3. The summed E-state index contributed by atoms with van der Waals surface area (Å²) in [5.41, 5.74) is 6.59. The summed E-state index contributed by atoms with van der Waals surface area (Å²) < 4.78 is 7.42. The maximum atomic E-state index is 9.75. The summed E-state index contributed by atoms with van der Waals surface area (Å²) in [6.07, 6.45) is 3.53. The van der Waals surface area contributed by atoms with Gasteiger partial charge in [0.2, 0.25) is 0 Å². The molecule has 7 nitrogen and oxygen atoms in total. The van der Waals surface area contributed by atoms with E-state index in [1.165, 1.54) is 0 Å². The largest absolute Gasteiger partial charge is 0.494 e. The number of pyridine rings is 1. The van der Waals surface area contributed by atoms with Gasteiger partial charge in [-0.25, -0.2) is 4.98 Å². The van der Waals surface area contributed by atoms with Crippen LogP contribution in [0.25, 0.3) is 33.5 Å². The Kier molecular flexibility index (Phi) is 4.98. The molecule has 3 heterocycles. The van der Waals surface area contributed by atoms with E-state index in [0.717, 1.165) is 44.9 Å². The van der Waals surface area contributed by atoms with Gasteiger partial charge < -0.3 is 9.84 Å². The molecule has 1 N–H and O–H groups in total. The molecule has 0 radical (unpaired) electrons. The van der Waals surface area contributed by atoms with Crippen molar-refractivity contribution in [1.29, 1.82) is 0 Å². The minimum Gasteiger partial charge on any atom is -0.494 e. The van der Waals surface area contributed by atoms with Crippen LogP contribution in [0.1, 0.15) is 23.9 Å². The van der Waals surface area contributed by atoms with Crippen molar-refractivity contribution in [2.45, 2.75) is 27.4 Å². The van der Waals surface area contributed by atoms with E-state index < -0.39 is 0 Å². The first kappa shape index (κ1) is 19.0. The highest BCUT2D eigenvalue weighted by Crippen LogP contribution is 2.34. The van der Waals surface area contributed by atoms with E-state index in [9.17, 15) is 5.11 Å². The van der Waals surface area contributed by atoms with Crippen molar-refractivity contribution in [3.05, 3.63) is 53.6 Å². The van der Waals surface area contributed by atoms with Gasteiger partial charge in [-0.1, -0.05) is 0 Å². The Morgan fingerprint density at radius 1 is 1.07 bits per heavy atom. The van der Waals surface area contributed by atoms with Gasteiger partial charge in [0, 0.05) is 35.6 Å². The van der Waals surface area contributed by atoms with E-state index in [1.54, 1.807) is 12.4 Å². The van der Waals surface area contributed by atoms with Crippen LogP contribution in [0, 0.1) is 13.8 Å². The van der Waals surface area contributed by atoms with Gasteiger partial charge in [-0.05, 0) is 45.0 Å². The van der Waals surface area contributed by atoms with Crippen LogP contribution in [0.2, 0.25) is 0 Å². The SMILES string of the molecule is CCOc1ccc(-c2cc(-c3cnc(C)cn3)c3c(C)n(C)nc3n2)cc1CO. The van der Waals surface area contributed by atoms with Crippen molar-refractivity contribution >= 4 is 11.0 Å². The van der Waals surface area contributed by atoms with Crippen LogP contribution in [-0.4, -0.2) is 36.4 Å². The zero-order valence-electron chi connectivity index (χ0n) is 17.0. The van der Waals surface area contributed by atoms with Crippen molar-refractivity contribution in [2.24, 2.45) is 7.05 Å². The third-order valence-corrected chi connectivity index (χ3v) is 4.98. The molecule has 4 aromatic rings. The quantitative estimate of drug-likeness (QED) is 0.561. The average Bonchev–Trinajstić information content (AvgIpc) is 3.02. The molecule has 0 aliphatic rings. The van der Waals surface area contributed by atoms with E-state index in [4.69, 9.17) is 9.72 Å². The third-order valence-electron chi connectivity index (χ3n) is 4.98. The van der Waals surface area contributed by atoms with E-state index in [0.29, 0.717) is 18.0 Å². The van der Waals surface area contributed by atoms with Crippen LogP contribution in [0.3, 0.4) is 0 Å². The van der Waals surface area contributed by atoms with Crippen LogP contribution in [0.4, 0.5) is 0 Å². The second-order valence-electron chi connectivity index (χ2n) is 6.92. The molecule has 1 aromatic carbocycles. The van der Waals surface area contributed by atoms with Crippen molar-refractivity contribution in [1.82, 2.24) is 24.7 Å². The first-order chi connectivity index (χ1) is 14.0. The maximum Gasteiger partial charge on any atom is 0.182 e. The molecular weight excluding hydrogens is 366 g/mol. The lowest BCUT2D eigenvalue weighted by Crippen LogP contribution is -1.98. The smallest absolute Gasteiger partial charge is 0.182 e. The molecule has 7 heteroatoms. The number of aliphatic hydroxyl groups is 1. The van der Waals surface area contributed by atoms with Crippen molar-refractivity contribution in [3.8, 4) is 28.3 Å². The fraction of sp³-hybridized carbons (Fsp3) is 0.273. The lowest BCUT2D eigenvalue weighted by atomic mass is 10.0. The van der Waals surface area contributed by atoms with Crippen molar-refractivity contribution < 1.29 is 9.84 Å². The summed E-state index contributed by atoms with van der Waals surface area (Å²) in [5.74, 6) is 0.679. The molecule has 4 rings (SSSR count). The van der Waals surface area contributed by atoms with E-state index in [-0.39, 0.29) is 6.61 Å². The zero-order valence-corrected chi connectivity index (χ0v) is 17.0. The number of nitrogens with zero attached hydrogens (tertiary/aromatic N) is 5. The van der Waals surface area contributed by atoms with E-state index in [1.807, 2.05) is 56.8 Å². The fourth-order valence-corrected chi connectivity index (χ4v) is 3.38. The number of fused-ring (bicyclic) bond motifs is 1. The summed E-state index contributed by atoms with van der Waals surface area (Å²) in [7, 11) is 1.90. The zero-order chi connectivity index (χ0) is 20.5. The van der Waals surface area contributed by atoms with Gasteiger partial charge in [-0.2, -0.15) is 5.10 Å². The van der Waals surface area contributed by atoms with Crippen LogP contribution < -0.4 is 4.74 Å². The summed E-state index contributed by atoms with van der Waals surface area (Å²) in [4.78, 5) is 13.7. The van der Waals surface area contributed by atoms with Crippen LogP contribution in [0.5, 0.6) is 5.75 Å². The normalized spacial score (nSPS) is 11.2. The second kappa shape index (κ2) is 7.60. The number of hydrogen-bond donors (Lipinski definition) is 1. The van der Waals surface area contributed by atoms with Gasteiger partial charge in [0.05, 0.1) is 41.9 Å². The summed E-state index contributed by atoms with van der Waals surface area (Å²) >= 11 is 0. The monoisotopic (exact) mass is 389 g/mol. The number of rotatable bonds is 5. The molecule has 0 bridgehead atoms. The van der Waals surface area contributed by atoms with Gasteiger partial charge in [-0.15, -0.1) is 0 Å². The molecule has 0 amide bonds. The summed E-state index contributed by atoms with van der Waals surface area (Å²) in [5, 5.41) is 15.3. The molecule has 0 fully saturated rings. The minimum atomic E-state index is -0.107. The fourth-order valence-electron chi connectivity index (χ4n) is 3.38.